The van der Waals surface area contributed by atoms with E-state index in [0.717, 1.165) is 25.7 Å². The molecule has 1 rings (SSSR count). The van der Waals surface area contributed by atoms with Gasteiger partial charge in [0.2, 0.25) is 5.91 Å². The van der Waals surface area contributed by atoms with Gasteiger partial charge in [-0.15, -0.1) is 0 Å². The molecule has 15 heavy (non-hydrogen) atoms. The molecule has 1 aliphatic rings. The predicted octanol–water partition coefficient (Wildman–Crippen LogP) is 0.372. The van der Waals surface area contributed by atoms with Crippen LogP contribution in [0.25, 0.3) is 0 Å². The van der Waals surface area contributed by atoms with Crippen LogP contribution in [0.5, 0.6) is 0 Å². The Labute approximate surface area is 92.0 Å². The Morgan fingerprint density at radius 3 is 2.53 bits per heavy atom. The highest BCUT2D eigenvalue weighted by Gasteiger charge is 2.34. The summed E-state index contributed by atoms with van der Waals surface area (Å²) in [5.41, 5.74) is 5.49. The second kappa shape index (κ2) is 5.47. The van der Waals surface area contributed by atoms with Crippen molar-refractivity contribution in [1.82, 2.24) is 10.6 Å². The van der Waals surface area contributed by atoms with Gasteiger partial charge in [0, 0.05) is 12.6 Å². The molecule has 0 aliphatic heterocycles. The number of rotatable bonds is 4. The molecule has 4 nitrogen and oxygen atoms in total. The van der Waals surface area contributed by atoms with Crippen LogP contribution in [0.3, 0.4) is 0 Å². The van der Waals surface area contributed by atoms with E-state index >= 15 is 0 Å². The summed E-state index contributed by atoms with van der Waals surface area (Å²) < 4.78 is 0. The third-order valence-electron chi connectivity index (χ3n) is 3.26. The molecule has 88 valence electrons. The lowest BCUT2D eigenvalue weighted by molar-refractivity contribution is -0.127. The molecular formula is C11H23N3O. The Balaban J connectivity index is 2.37. The molecule has 1 fully saturated rings. The van der Waals surface area contributed by atoms with Gasteiger partial charge in [0.25, 0.3) is 0 Å². The molecule has 0 saturated heterocycles. The monoisotopic (exact) mass is 213 g/mol. The third-order valence-corrected chi connectivity index (χ3v) is 3.26. The standard InChI is InChI=1S/C11H23N3O/c1-9(13-2)8-14-10(15)11(12)6-4-3-5-7-11/h9,13H,3-8,12H2,1-2H3,(H,14,15). The van der Waals surface area contributed by atoms with E-state index in [1.165, 1.54) is 6.42 Å². The van der Waals surface area contributed by atoms with E-state index in [1.54, 1.807) is 0 Å². The number of nitrogens with one attached hydrogen (secondary N) is 2. The highest BCUT2D eigenvalue weighted by Crippen LogP contribution is 2.25. The fourth-order valence-electron chi connectivity index (χ4n) is 1.93. The van der Waals surface area contributed by atoms with Crippen LogP contribution in [-0.2, 0) is 4.79 Å². The molecule has 4 N–H and O–H groups in total. The van der Waals surface area contributed by atoms with Gasteiger partial charge < -0.3 is 16.4 Å². The quantitative estimate of drug-likeness (QED) is 0.632. The summed E-state index contributed by atoms with van der Waals surface area (Å²) in [6.07, 6.45) is 5.01. The molecule has 1 saturated carbocycles. The minimum atomic E-state index is -0.605. The van der Waals surface area contributed by atoms with Gasteiger partial charge in [-0.2, -0.15) is 0 Å². The maximum atomic E-state index is 11.9. The summed E-state index contributed by atoms with van der Waals surface area (Å²) in [5, 5.41) is 6.00. The van der Waals surface area contributed by atoms with Gasteiger partial charge in [0.15, 0.2) is 0 Å². The molecule has 1 atom stereocenters. The van der Waals surface area contributed by atoms with E-state index < -0.39 is 5.54 Å². The third kappa shape index (κ3) is 3.47. The van der Waals surface area contributed by atoms with Crippen molar-refractivity contribution in [2.45, 2.75) is 50.6 Å². The van der Waals surface area contributed by atoms with Crippen LogP contribution in [-0.4, -0.2) is 31.1 Å². The summed E-state index contributed by atoms with van der Waals surface area (Å²) in [7, 11) is 1.88. The highest BCUT2D eigenvalue weighted by molar-refractivity contribution is 5.86. The van der Waals surface area contributed by atoms with Crippen LogP contribution in [0.2, 0.25) is 0 Å². The molecule has 1 amide bonds. The zero-order valence-corrected chi connectivity index (χ0v) is 9.81. The fraction of sp³-hybridized carbons (Fsp3) is 0.909. The van der Waals surface area contributed by atoms with Crippen LogP contribution >= 0.6 is 0 Å². The van der Waals surface area contributed by atoms with E-state index in [-0.39, 0.29) is 5.91 Å². The summed E-state index contributed by atoms with van der Waals surface area (Å²) in [5.74, 6) is 0.0179. The van der Waals surface area contributed by atoms with Gasteiger partial charge in [0.05, 0.1) is 5.54 Å². The molecule has 0 spiro atoms. The normalized spacial score (nSPS) is 22.1. The van der Waals surface area contributed by atoms with Crippen LogP contribution in [0, 0.1) is 0 Å². The minimum absolute atomic E-state index is 0.0179. The zero-order valence-electron chi connectivity index (χ0n) is 9.81. The molecule has 1 aliphatic carbocycles. The van der Waals surface area contributed by atoms with Crippen LogP contribution in [0.15, 0.2) is 0 Å². The molecule has 0 bridgehead atoms. The molecule has 1 unspecified atom stereocenters. The SMILES string of the molecule is CNC(C)CNC(=O)C1(N)CCCCC1. The van der Waals surface area contributed by atoms with Crippen molar-refractivity contribution in [3.63, 3.8) is 0 Å². The molecular weight excluding hydrogens is 190 g/mol. The second-order valence-electron chi connectivity index (χ2n) is 4.62. The summed E-state index contributed by atoms with van der Waals surface area (Å²) >= 11 is 0. The topological polar surface area (TPSA) is 67.1 Å². The van der Waals surface area contributed by atoms with Gasteiger partial charge in [-0.05, 0) is 26.8 Å². The van der Waals surface area contributed by atoms with Gasteiger partial charge in [0.1, 0.15) is 0 Å². The van der Waals surface area contributed by atoms with Crippen molar-refractivity contribution < 1.29 is 4.79 Å². The first-order valence-electron chi connectivity index (χ1n) is 5.83. The van der Waals surface area contributed by atoms with Crippen molar-refractivity contribution in [2.24, 2.45) is 5.73 Å². The number of hydrogen-bond donors (Lipinski definition) is 3. The zero-order chi connectivity index (χ0) is 11.3. The Bertz CT molecular complexity index is 212. The smallest absolute Gasteiger partial charge is 0.240 e. The van der Waals surface area contributed by atoms with Gasteiger partial charge in [-0.1, -0.05) is 19.3 Å². The van der Waals surface area contributed by atoms with E-state index in [9.17, 15) is 4.79 Å². The number of carbonyl (C=O) groups is 1. The molecule has 0 heterocycles. The summed E-state index contributed by atoms with van der Waals surface area (Å²) in [4.78, 5) is 11.9. The first-order valence-corrected chi connectivity index (χ1v) is 5.83. The minimum Gasteiger partial charge on any atom is -0.353 e. The fourth-order valence-corrected chi connectivity index (χ4v) is 1.93. The Morgan fingerprint density at radius 2 is 2.00 bits per heavy atom. The first kappa shape index (κ1) is 12.5. The Kier molecular flexibility index (Phi) is 4.54. The van der Waals surface area contributed by atoms with Crippen LogP contribution in [0.4, 0.5) is 0 Å². The van der Waals surface area contributed by atoms with Crippen molar-refractivity contribution in [3.05, 3.63) is 0 Å². The molecule has 0 aromatic carbocycles. The molecule has 4 heteroatoms. The van der Waals surface area contributed by atoms with E-state index in [1.807, 2.05) is 14.0 Å². The highest BCUT2D eigenvalue weighted by atomic mass is 16.2. The van der Waals surface area contributed by atoms with Crippen molar-refractivity contribution in [3.8, 4) is 0 Å². The van der Waals surface area contributed by atoms with Gasteiger partial charge in [-0.25, -0.2) is 0 Å². The summed E-state index contributed by atoms with van der Waals surface area (Å²) in [6.45, 7) is 2.68. The number of likely N-dealkylation sites (N-methyl/N-ethyl adjacent to an activating group) is 1. The lowest BCUT2D eigenvalue weighted by Crippen LogP contribution is -2.56. The van der Waals surface area contributed by atoms with Crippen molar-refractivity contribution >= 4 is 5.91 Å². The first-order chi connectivity index (χ1) is 7.08. The van der Waals surface area contributed by atoms with Crippen molar-refractivity contribution in [1.29, 1.82) is 0 Å². The lowest BCUT2D eigenvalue weighted by atomic mass is 9.82. The molecule has 0 radical (unpaired) electrons. The van der Waals surface area contributed by atoms with Gasteiger partial charge >= 0.3 is 0 Å². The van der Waals surface area contributed by atoms with Crippen LogP contribution < -0.4 is 16.4 Å². The average molecular weight is 213 g/mol. The largest absolute Gasteiger partial charge is 0.353 e. The lowest BCUT2D eigenvalue weighted by Gasteiger charge is -2.32. The maximum absolute atomic E-state index is 11.9. The number of carbonyl (C=O) groups excluding carboxylic acids is 1. The molecule has 0 aromatic heterocycles. The number of amides is 1. The van der Waals surface area contributed by atoms with E-state index in [4.69, 9.17) is 5.73 Å². The Hall–Kier alpha value is -0.610. The number of nitrogens with two attached hydrogens (primary N) is 1. The van der Waals surface area contributed by atoms with Crippen molar-refractivity contribution in [2.75, 3.05) is 13.6 Å². The second-order valence-corrected chi connectivity index (χ2v) is 4.62. The number of hydrogen-bond acceptors (Lipinski definition) is 3. The van der Waals surface area contributed by atoms with Crippen LogP contribution in [0.1, 0.15) is 39.0 Å². The summed E-state index contributed by atoms with van der Waals surface area (Å²) in [6, 6.07) is 0.293. The Morgan fingerprint density at radius 1 is 1.40 bits per heavy atom. The van der Waals surface area contributed by atoms with E-state index in [0.29, 0.717) is 12.6 Å². The van der Waals surface area contributed by atoms with E-state index in [2.05, 4.69) is 10.6 Å². The average Bonchev–Trinajstić information content (AvgIpc) is 2.26. The molecule has 0 aromatic rings. The predicted molar refractivity (Wildman–Crippen MR) is 61.5 cm³/mol. The maximum Gasteiger partial charge on any atom is 0.240 e. The van der Waals surface area contributed by atoms with Gasteiger partial charge in [-0.3, -0.25) is 4.79 Å².